The van der Waals surface area contributed by atoms with E-state index in [1.54, 1.807) is 0 Å². The van der Waals surface area contributed by atoms with Gasteiger partial charge in [-0.2, -0.15) is 0 Å². The van der Waals surface area contributed by atoms with Crippen molar-refractivity contribution < 1.29 is 4.79 Å². The Morgan fingerprint density at radius 1 is 1.04 bits per heavy atom. The van der Waals surface area contributed by atoms with E-state index in [0.29, 0.717) is 13.1 Å². The number of para-hydroxylation sites is 2. The molecule has 1 N–H and O–H groups in total. The summed E-state index contributed by atoms with van der Waals surface area (Å²) in [5, 5.41) is 4.78. The molecule has 4 rings (SSSR count). The Morgan fingerprint density at radius 3 is 2.52 bits per heavy atom. The highest BCUT2D eigenvalue weighted by Crippen LogP contribution is 2.26. The lowest BCUT2D eigenvalue weighted by Gasteiger charge is -2.36. The first kappa shape index (κ1) is 17.6. The molecular formula is C21H21ClN4O. The predicted molar refractivity (Wildman–Crippen MR) is 111 cm³/mol. The Morgan fingerprint density at radius 2 is 1.74 bits per heavy atom. The number of carbonyl (C=O) groups is 1. The van der Waals surface area contributed by atoms with Crippen LogP contribution in [0.25, 0.3) is 10.9 Å². The third-order valence-electron chi connectivity index (χ3n) is 4.92. The molecular weight excluding hydrogens is 360 g/mol. The number of anilines is 2. The van der Waals surface area contributed by atoms with Crippen LogP contribution in [-0.2, 0) is 0 Å². The van der Waals surface area contributed by atoms with Gasteiger partial charge >= 0.3 is 6.03 Å². The number of aromatic nitrogens is 1. The zero-order valence-corrected chi connectivity index (χ0v) is 15.9. The van der Waals surface area contributed by atoms with Crippen molar-refractivity contribution in [3.8, 4) is 0 Å². The van der Waals surface area contributed by atoms with Crippen LogP contribution in [0, 0.1) is 6.92 Å². The number of urea groups is 1. The second-order valence-corrected chi connectivity index (χ2v) is 7.08. The third-order valence-corrected chi connectivity index (χ3v) is 5.24. The predicted octanol–water partition coefficient (Wildman–Crippen LogP) is 4.55. The van der Waals surface area contributed by atoms with Crippen molar-refractivity contribution in [2.75, 3.05) is 36.4 Å². The molecule has 6 heteroatoms. The van der Waals surface area contributed by atoms with Crippen molar-refractivity contribution in [3.05, 3.63) is 65.3 Å². The van der Waals surface area contributed by atoms with Gasteiger partial charge in [-0.05, 0) is 31.2 Å². The summed E-state index contributed by atoms with van der Waals surface area (Å²) in [6.07, 6.45) is 0. The number of rotatable bonds is 2. The van der Waals surface area contributed by atoms with Crippen LogP contribution in [0.3, 0.4) is 0 Å². The summed E-state index contributed by atoms with van der Waals surface area (Å²) in [6.45, 7) is 4.73. The number of pyridine rings is 1. The minimum atomic E-state index is -0.0889. The van der Waals surface area contributed by atoms with Gasteiger partial charge in [0.25, 0.3) is 0 Å². The fourth-order valence-electron chi connectivity index (χ4n) is 3.39. The minimum Gasteiger partial charge on any atom is -0.367 e. The van der Waals surface area contributed by atoms with Gasteiger partial charge in [-0.15, -0.1) is 0 Å². The van der Waals surface area contributed by atoms with Gasteiger partial charge in [0.1, 0.15) is 0 Å². The molecule has 1 fully saturated rings. The molecule has 0 unspecified atom stereocenters. The highest BCUT2D eigenvalue weighted by molar-refractivity contribution is 6.33. The van der Waals surface area contributed by atoms with Crippen LogP contribution in [0.4, 0.5) is 16.2 Å². The van der Waals surface area contributed by atoms with Gasteiger partial charge in [0, 0.05) is 31.6 Å². The number of aryl methyl sites for hydroxylation is 1. The summed E-state index contributed by atoms with van der Waals surface area (Å²) in [7, 11) is 0. The number of piperazine rings is 1. The molecule has 2 amide bonds. The molecule has 0 aliphatic carbocycles. The van der Waals surface area contributed by atoms with Crippen LogP contribution in [0.2, 0.25) is 5.02 Å². The summed E-state index contributed by atoms with van der Waals surface area (Å²) in [4.78, 5) is 21.3. The van der Waals surface area contributed by atoms with Crippen LogP contribution in [-0.4, -0.2) is 42.1 Å². The molecule has 0 saturated carbocycles. The van der Waals surface area contributed by atoms with Gasteiger partial charge in [-0.1, -0.05) is 41.9 Å². The molecule has 2 heterocycles. The smallest absolute Gasteiger partial charge is 0.322 e. The molecule has 0 bridgehead atoms. The highest BCUT2D eigenvalue weighted by atomic mass is 35.5. The van der Waals surface area contributed by atoms with Crippen LogP contribution in [0.5, 0.6) is 0 Å². The number of halogens is 1. The Balaban J connectivity index is 1.43. The van der Waals surface area contributed by atoms with Crippen molar-refractivity contribution in [3.63, 3.8) is 0 Å². The largest absolute Gasteiger partial charge is 0.367 e. The lowest BCUT2D eigenvalue weighted by Crippen LogP contribution is -2.50. The summed E-state index contributed by atoms with van der Waals surface area (Å²) in [5.41, 5.74) is 3.53. The van der Waals surface area contributed by atoms with Crippen molar-refractivity contribution in [1.29, 1.82) is 0 Å². The fourth-order valence-corrected chi connectivity index (χ4v) is 3.65. The number of hydrogen-bond acceptors (Lipinski definition) is 3. The Kier molecular flexibility index (Phi) is 4.86. The average molecular weight is 381 g/mol. The Bertz CT molecular complexity index is 983. The van der Waals surface area contributed by atoms with Crippen molar-refractivity contribution in [2.45, 2.75) is 6.92 Å². The number of hydrogen-bond donors (Lipinski definition) is 1. The van der Waals surface area contributed by atoms with E-state index < -0.39 is 0 Å². The van der Waals surface area contributed by atoms with Crippen LogP contribution in [0.15, 0.2) is 54.6 Å². The number of nitrogens with zero attached hydrogens (tertiary/aromatic N) is 3. The second kappa shape index (κ2) is 7.45. The monoisotopic (exact) mass is 380 g/mol. The molecule has 1 aliphatic heterocycles. The molecule has 1 aromatic heterocycles. The molecule has 3 aromatic rings. The standard InChI is InChI=1S/C21H21ClN4O/c1-15-19(14-16-6-2-4-8-18(16)23-15)24-21(27)26-12-10-25(11-13-26)20-9-5-3-7-17(20)22/h2-9,14H,10-13H2,1H3,(H,24,27). The van der Waals surface area contributed by atoms with Gasteiger partial charge in [0.2, 0.25) is 0 Å². The van der Waals surface area contributed by atoms with Gasteiger partial charge in [0.05, 0.1) is 27.6 Å². The van der Waals surface area contributed by atoms with Crippen molar-refractivity contribution in [1.82, 2.24) is 9.88 Å². The summed E-state index contributed by atoms with van der Waals surface area (Å²) in [5.74, 6) is 0. The Labute approximate surface area is 163 Å². The van der Waals surface area contributed by atoms with Gasteiger partial charge < -0.3 is 15.1 Å². The number of fused-ring (bicyclic) bond motifs is 1. The first-order valence-electron chi connectivity index (χ1n) is 9.03. The molecule has 2 aromatic carbocycles. The fraction of sp³-hybridized carbons (Fsp3) is 0.238. The van der Waals surface area contributed by atoms with E-state index in [2.05, 4.69) is 15.2 Å². The zero-order chi connectivity index (χ0) is 18.8. The molecule has 27 heavy (non-hydrogen) atoms. The number of nitrogens with one attached hydrogen (secondary N) is 1. The van der Waals surface area contributed by atoms with E-state index in [-0.39, 0.29) is 6.03 Å². The third kappa shape index (κ3) is 3.69. The Hall–Kier alpha value is -2.79. The maximum Gasteiger partial charge on any atom is 0.322 e. The maximum atomic E-state index is 12.7. The van der Waals surface area contributed by atoms with E-state index in [9.17, 15) is 4.79 Å². The first-order valence-corrected chi connectivity index (χ1v) is 9.41. The van der Waals surface area contributed by atoms with E-state index in [1.807, 2.05) is 66.4 Å². The second-order valence-electron chi connectivity index (χ2n) is 6.67. The highest BCUT2D eigenvalue weighted by Gasteiger charge is 2.22. The van der Waals surface area contributed by atoms with E-state index >= 15 is 0 Å². The molecule has 1 aliphatic rings. The SMILES string of the molecule is Cc1nc2ccccc2cc1NC(=O)N1CCN(c2ccccc2Cl)CC1. The number of amides is 2. The molecule has 1 saturated heterocycles. The van der Waals surface area contributed by atoms with Gasteiger partial charge in [-0.3, -0.25) is 4.98 Å². The molecule has 138 valence electrons. The normalized spacial score (nSPS) is 14.4. The summed E-state index contributed by atoms with van der Waals surface area (Å²) < 4.78 is 0. The van der Waals surface area contributed by atoms with Crippen LogP contribution >= 0.6 is 11.6 Å². The molecule has 0 spiro atoms. The van der Waals surface area contributed by atoms with E-state index in [0.717, 1.165) is 46.1 Å². The van der Waals surface area contributed by atoms with E-state index in [1.165, 1.54) is 0 Å². The minimum absolute atomic E-state index is 0.0889. The van der Waals surface area contributed by atoms with Gasteiger partial charge in [-0.25, -0.2) is 4.79 Å². The van der Waals surface area contributed by atoms with Crippen molar-refractivity contribution in [2.24, 2.45) is 0 Å². The van der Waals surface area contributed by atoms with Gasteiger partial charge in [0.15, 0.2) is 0 Å². The lowest BCUT2D eigenvalue weighted by molar-refractivity contribution is 0.208. The average Bonchev–Trinajstić information content (AvgIpc) is 2.69. The number of benzene rings is 2. The van der Waals surface area contributed by atoms with Crippen molar-refractivity contribution >= 4 is 39.9 Å². The summed E-state index contributed by atoms with van der Waals surface area (Å²) in [6, 6.07) is 17.6. The summed E-state index contributed by atoms with van der Waals surface area (Å²) >= 11 is 6.29. The number of carbonyl (C=O) groups excluding carboxylic acids is 1. The molecule has 5 nitrogen and oxygen atoms in total. The van der Waals surface area contributed by atoms with Crippen LogP contribution < -0.4 is 10.2 Å². The lowest BCUT2D eigenvalue weighted by atomic mass is 10.2. The molecule has 0 radical (unpaired) electrons. The van der Waals surface area contributed by atoms with Crippen LogP contribution in [0.1, 0.15) is 5.69 Å². The van der Waals surface area contributed by atoms with E-state index in [4.69, 9.17) is 11.6 Å². The first-order chi connectivity index (χ1) is 13.1. The quantitative estimate of drug-likeness (QED) is 0.709. The zero-order valence-electron chi connectivity index (χ0n) is 15.2. The molecule has 0 atom stereocenters. The maximum absolute atomic E-state index is 12.7. The topological polar surface area (TPSA) is 48.5 Å².